The SMILES string of the molecule is CCCCCCCNC(C)CCc1ccco1. The van der Waals surface area contributed by atoms with Crippen molar-refractivity contribution in [2.24, 2.45) is 0 Å². The van der Waals surface area contributed by atoms with E-state index in [1.54, 1.807) is 6.26 Å². The summed E-state index contributed by atoms with van der Waals surface area (Å²) in [6.45, 7) is 5.67. The molecule has 1 heterocycles. The van der Waals surface area contributed by atoms with Crippen LogP contribution >= 0.6 is 0 Å². The molecule has 0 fully saturated rings. The zero-order chi connectivity index (χ0) is 12.3. The molecule has 0 spiro atoms. The van der Waals surface area contributed by atoms with Gasteiger partial charge in [-0.05, 0) is 38.4 Å². The molecule has 0 bridgehead atoms. The van der Waals surface area contributed by atoms with Crippen LogP contribution < -0.4 is 5.32 Å². The van der Waals surface area contributed by atoms with Crippen molar-refractivity contribution in [2.45, 2.75) is 64.8 Å². The van der Waals surface area contributed by atoms with E-state index in [1.807, 2.05) is 6.07 Å². The molecule has 1 unspecified atom stereocenters. The molecule has 0 amide bonds. The van der Waals surface area contributed by atoms with Crippen LogP contribution in [-0.4, -0.2) is 12.6 Å². The van der Waals surface area contributed by atoms with Gasteiger partial charge in [0.25, 0.3) is 0 Å². The molecule has 1 atom stereocenters. The molecule has 0 saturated carbocycles. The van der Waals surface area contributed by atoms with E-state index in [4.69, 9.17) is 4.42 Å². The van der Waals surface area contributed by atoms with Gasteiger partial charge >= 0.3 is 0 Å². The molecule has 1 rings (SSSR count). The third kappa shape index (κ3) is 7.22. The number of unbranched alkanes of at least 4 members (excludes halogenated alkanes) is 4. The van der Waals surface area contributed by atoms with Crippen LogP contribution in [0.25, 0.3) is 0 Å². The van der Waals surface area contributed by atoms with Crippen LogP contribution in [0.1, 0.15) is 58.1 Å². The lowest BCUT2D eigenvalue weighted by molar-refractivity contribution is 0.454. The van der Waals surface area contributed by atoms with Gasteiger partial charge in [-0.2, -0.15) is 0 Å². The van der Waals surface area contributed by atoms with E-state index >= 15 is 0 Å². The van der Waals surface area contributed by atoms with Crippen LogP contribution in [-0.2, 0) is 6.42 Å². The molecule has 17 heavy (non-hydrogen) atoms. The van der Waals surface area contributed by atoms with Crippen molar-refractivity contribution >= 4 is 0 Å². The van der Waals surface area contributed by atoms with E-state index in [0.29, 0.717) is 6.04 Å². The average molecular weight is 237 g/mol. The van der Waals surface area contributed by atoms with Crippen molar-refractivity contribution < 1.29 is 4.42 Å². The fourth-order valence-corrected chi connectivity index (χ4v) is 1.99. The first-order valence-electron chi connectivity index (χ1n) is 7.08. The summed E-state index contributed by atoms with van der Waals surface area (Å²) < 4.78 is 5.33. The van der Waals surface area contributed by atoms with E-state index in [1.165, 1.54) is 32.1 Å². The molecular weight excluding hydrogens is 210 g/mol. The molecule has 0 aromatic carbocycles. The highest BCUT2D eigenvalue weighted by molar-refractivity contribution is 4.98. The third-order valence-corrected chi connectivity index (χ3v) is 3.18. The summed E-state index contributed by atoms with van der Waals surface area (Å²) in [5, 5.41) is 3.58. The minimum atomic E-state index is 0.589. The molecule has 0 saturated heterocycles. The Morgan fingerprint density at radius 3 is 2.76 bits per heavy atom. The topological polar surface area (TPSA) is 25.2 Å². The fourth-order valence-electron chi connectivity index (χ4n) is 1.99. The maximum atomic E-state index is 5.33. The number of aryl methyl sites for hydroxylation is 1. The standard InChI is InChI=1S/C15H27NO/c1-3-4-5-6-7-12-16-14(2)10-11-15-9-8-13-17-15/h8-9,13-14,16H,3-7,10-12H2,1-2H3. The lowest BCUT2D eigenvalue weighted by atomic mass is 10.1. The summed E-state index contributed by atoms with van der Waals surface area (Å²) in [6.07, 6.45) is 10.7. The maximum Gasteiger partial charge on any atom is 0.103 e. The smallest absolute Gasteiger partial charge is 0.103 e. The summed E-state index contributed by atoms with van der Waals surface area (Å²) in [5.74, 6) is 1.10. The molecule has 2 heteroatoms. The fraction of sp³-hybridized carbons (Fsp3) is 0.733. The second-order valence-electron chi connectivity index (χ2n) is 4.89. The van der Waals surface area contributed by atoms with Crippen LogP contribution in [0.15, 0.2) is 22.8 Å². The molecule has 0 aliphatic rings. The molecule has 2 nitrogen and oxygen atoms in total. The second-order valence-corrected chi connectivity index (χ2v) is 4.89. The Labute approximate surface area is 106 Å². The molecule has 98 valence electrons. The van der Waals surface area contributed by atoms with Crippen molar-refractivity contribution in [3.05, 3.63) is 24.2 Å². The molecule has 0 aliphatic heterocycles. The predicted molar refractivity (Wildman–Crippen MR) is 73.3 cm³/mol. The maximum absolute atomic E-state index is 5.33. The van der Waals surface area contributed by atoms with Gasteiger partial charge in [0.2, 0.25) is 0 Å². The Kier molecular flexibility index (Phi) is 7.81. The lowest BCUT2D eigenvalue weighted by Crippen LogP contribution is -2.27. The van der Waals surface area contributed by atoms with Gasteiger partial charge in [-0.25, -0.2) is 0 Å². The second kappa shape index (κ2) is 9.29. The van der Waals surface area contributed by atoms with Crippen molar-refractivity contribution in [2.75, 3.05) is 6.54 Å². The monoisotopic (exact) mass is 237 g/mol. The summed E-state index contributed by atoms with van der Waals surface area (Å²) >= 11 is 0. The molecule has 0 aliphatic carbocycles. The average Bonchev–Trinajstić information content (AvgIpc) is 2.84. The van der Waals surface area contributed by atoms with Gasteiger partial charge in [-0.1, -0.05) is 32.6 Å². The molecule has 1 N–H and O–H groups in total. The van der Waals surface area contributed by atoms with Gasteiger partial charge in [0.15, 0.2) is 0 Å². The Morgan fingerprint density at radius 2 is 2.06 bits per heavy atom. The Balaban J connectivity index is 1.92. The van der Waals surface area contributed by atoms with Crippen LogP contribution in [0.5, 0.6) is 0 Å². The van der Waals surface area contributed by atoms with Gasteiger partial charge in [-0.15, -0.1) is 0 Å². The van der Waals surface area contributed by atoms with E-state index in [9.17, 15) is 0 Å². The number of hydrogen-bond donors (Lipinski definition) is 1. The van der Waals surface area contributed by atoms with Crippen molar-refractivity contribution in [3.63, 3.8) is 0 Å². The van der Waals surface area contributed by atoms with E-state index in [2.05, 4.69) is 25.2 Å². The highest BCUT2D eigenvalue weighted by Crippen LogP contribution is 2.06. The lowest BCUT2D eigenvalue weighted by Gasteiger charge is -2.12. The van der Waals surface area contributed by atoms with Gasteiger partial charge in [0.05, 0.1) is 6.26 Å². The molecule has 0 radical (unpaired) electrons. The summed E-state index contributed by atoms with van der Waals surface area (Å²) in [5.41, 5.74) is 0. The molecule has 1 aromatic rings. The largest absolute Gasteiger partial charge is 0.469 e. The quantitative estimate of drug-likeness (QED) is 0.618. The van der Waals surface area contributed by atoms with Gasteiger partial charge in [-0.3, -0.25) is 0 Å². The first kappa shape index (κ1) is 14.3. The van der Waals surface area contributed by atoms with Gasteiger partial charge in [0.1, 0.15) is 5.76 Å². The van der Waals surface area contributed by atoms with Crippen LogP contribution in [0.3, 0.4) is 0 Å². The molecule has 1 aromatic heterocycles. The Hall–Kier alpha value is -0.760. The number of furan rings is 1. The Bertz CT molecular complexity index is 256. The third-order valence-electron chi connectivity index (χ3n) is 3.18. The zero-order valence-electron chi connectivity index (χ0n) is 11.4. The van der Waals surface area contributed by atoms with Crippen molar-refractivity contribution in [3.8, 4) is 0 Å². The minimum Gasteiger partial charge on any atom is -0.469 e. The van der Waals surface area contributed by atoms with Crippen LogP contribution in [0.4, 0.5) is 0 Å². The normalized spacial score (nSPS) is 12.8. The molecular formula is C15H27NO. The number of hydrogen-bond acceptors (Lipinski definition) is 2. The number of rotatable bonds is 10. The predicted octanol–water partition coefficient (Wildman–Crippen LogP) is 4.16. The van der Waals surface area contributed by atoms with E-state index < -0.39 is 0 Å². The van der Waals surface area contributed by atoms with E-state index in [-0.39, 0.29) is 0 Å². The summed E-state index contributed by atoms with van der Waals surface area (Å²) in [4.78, 5) is 0. The highest BCUT2D eigenvalue weighted by Gasteiger charge is 2.02. The van der Waals surface area contributed by atoms with Crippen molar-refractivity contribution in [1.29, 1.82) is 0 Å². The highest BCUT2D eigenvalue weighted by atomic mass is 16.3. The van der Waals surface area contributed by atoms with Crippen LogP contribution in [0, 0.1) is 0 Å². The van der Waals surface area contributed by atoms with Crippen LogP contribution in [0.2, 0.25) is 0 Å². The van der Waals surface area contributed by atoms with Crippen molar-refractivity contribution in [1.82, 2.24) is 5.32 Å². The zero-order valence-corrected chi connectivity index (χ0v) is 11.4. The number of nitrogens with one attached hydrogen (secondary N) is 1. The van der Waals surface area contributed by atoms with Gasteiger partial charge < -0.3 is 9.73 Å². The van der Waals surface area contributed by atoms with Gasteiger partial charge in [0, 0.05) is 12.5 Å². The first-order valence-corrected chi connectivity index (χ1v) is 7.08. The van der Waals surface area contributed by atoms with E-state index in [0.717, 1.165) is 25.1 Å². The Morgan fingerprint density at radius 1 is 1.24 bits per heavy atom. The minimum absolute atomic E-state index is 0.589. The summed E-state index contributed by atoms with van der Waals surface area (Å²) in [6, 6.07) is 4.60. The summed E-state index contributed by atoms with van der Waals surface area (Å²) in [7, 11) is 0. The first-order chi connectivity index (χ1) is 8.33.